The summed E-state index contributed by atoms with van der Waals surface area (Å²) >= 11 is 1.75. The van der Waals surface area contributed by atoms with Gasteiger partial charge in [0.05, 0.1) is 10.4 Å². The van der Waals surface area contributed by atoms with Crippen molar-refractivity contribution in [1.29, 1.82) is 0 Å². The van der Waals surface area contributed by atoms with E-state index >= 15 is 0 Å². The molecule has 1 aromatic heterocycles. The quantitative estimate of drug-likeness (QED) is 0.629. The van der Waals surface area contributed by atoms with E-state index in [1.165, 1.54) is 62.9 Å². The van der Waals surface area contributed by atoms with Crippen molar-refractivity contribution in [3.05, 3.63) is 16.6 Å². The molecule has 4 fully saturated rings. The normalized spacial score (nSPS) is 28.7. The Balaban J connectivity index is 0.000000344. The average Bonchev–Trinajstić information content (AvgIpc) is 3.47. The van der Waals surface area contributed by atoms with Crippen molar-refractivity contribution in [2.24, 2.45) is 17.3 Å². The molecule has 2 unspecified atom stereocenters. The third kappa shape index (κ3) is 5.58. The van der Waals surface area contributed by atoms with Gasteiger partial charge in [-0.25, -0.2) is 9.78 Å². The number of alkyl halides is 3. The number of halogens is 3. The van der Waals surface area contributed by atoms with E-state index in [2.05, 4.69) is 20.2 Å². The first kappa shape index (κ1) is 25.4. The molecule has 190 valence electrons. The van der Waals surface area contributed by atoms with Crippen molar-refractivity contribution < 1.29 is 27.9 Å². The molecular weight excluding hydrogens is 467 g/mol. The number of amides is 1. The van der Waals surface area contributed by atoms with Crippen LogP contribution >= 0.6 is 11.3 Å². The van der Waals surface area contributed by atoms with Crippen molar-refractivity contribution in [1.82, 2.24) is 14.8 Å². The summed E-state index contributed by atoms with van der Waals surface area (Å²) in [4.78, 5) is 32.0. The molecule has 0 aromatic carbocycles. The summed E-state index contributed by atoms with van der Waals surface area (Å²) in [6, 6.07) is 0. The van der Waals surface area contributed by atoms with E-state index in [0.717, 1.165) is 44.4 Å². The van der Waals surface area contributed by atoms with Gasteiger partial charge in [0, 0.05) is 50.2 Å². The molecule has 1 amide bonds. The van der Waals surface area contributed by atoms with Gasteiger partial charge in [0.15, 0.2) is 0 Å². The maximum absolute atomic E-state index is 13.6. The first-order valence-electron chi connectivity index (χ1n) is 12.4. The smallest absolute Gasteiger partial charge is 0.475 e. The van der Waals surface area contributed by atoms with Crippen molar-refractivity contribution in [2.75, 3.05) is 32.7 Å². The number of thiazole rings is 1. The van der Waals surface area contributed by atoms with Gasteiger partial charge in [-0.1, -0.05) is 25.7 Å². The van der Waals surface area contributed by atoms with E-state index in [1.54, 1.807) is 11.3 Å². The largest absolute Gasteiger partial charge is 0.490 e. The average molecular weight is 502 g/mol. The lowest BCUT2D eigenvalue weighted by molar-refractivity contribution is -0.192. The van der Waals surface area contributed by atoms with Crippen LogP contribution in [0.15, 0.2) is 11.6 Å². The number of carbonyl (C=O) groups excluding carboxylic acids is 1. The first-order chi connectivity index (χ1) is 16.2. The number of rotatable bonds is 5. The topological polar surface area (TPSA) is 73.7 Å². The highest BCUT2D eigenvalue weighted by molar-refractivity contribution is 7.09. The lowest BCUT2D eigenvalue weighted by atomic mass is 9.76. The first-order valence-corrected chi connectivity index (χ1v) is 13.3. The zero-order chi connectivity index (χ0) is 24.3. The number of aliphatic carboxylic acids is 1. The minimum absolute atomic E-state index is 0.198. The molecule has 0 radical (unpaired) electrons. The fourth-order valence-corrected chi connectivity index (χ4v) is 6.94. The van der Waals surface area contributed by atoms with Crippen molar-refractivity contribution in [3.63, 3.8) is 0 Å². The number of hydrogen-bond acceptors (Lipinski definition) is 5. The monoisotopic (exact) mass is 501 g/mol. The summed E-state index contributed by atoms with van der Waals surface area (Å²) in [5, 5.41) is 10.4. The van der Waals surface area contributed by atoms with E-state index < -0.39 is 12.1 Å². The third-order valence-electron chi connectivity index (χ3n) is 8.09. The number of nitrogens with zero attached hydrogens (tertiary/aromatic N) is 3. The van der Waals surface area contributed by atoms with Crippen molar-refractivity contribution in [2.45, 2.75) is 69.9 Å². The van der Waals surface area contributed by atoms with E-state index in [4.69, 9.17) is 9.90 Å². The number of carbonyl (C=O) groups is 2. The highest BCUT2D eigenvalue weighted by Gasteiger charge is 2.58. The SMILES string of the molecule is O=C(O)C(F)(F)F.O=C1N(CC2CCC2)CCC12CN(CC1CCCCC1)CC2c1nccs1. The van der Waals surface area contributed by atoms with Crippen LogP contribution in [0.5, 0.6) is 0 Å². The molecule has 1 aromatic rings. The van der Waals surface area contributed by atoms with Gasteiger partial charge in [-0.2, -0.15) is 13.2 Å². The minimum atomic E-state index is -5.08. The van der Waals surface area contributed by atoms with Crippen molar-refractivity contribution in [3.8, 4) is 0 Å². The lowest BCUT2D eigenvalue weighted by Crippen LogP contribution is -2.42. The molecule has 2 atom stereocenters. The summed E-state index contributed by atoms with van der Waals surface area (Å²) in [6.07, 6.45) is 8.83. The summed E-state index contributed by atoms with van der Waals surface area (Å²) in [7, 11) is 0. The molecular formula is C24H34F3N3O3S. The van der Waals surface area contributed by atoms with Crippen LogP contribution in [0.2, 0.25) is 0 Å². The van der Waals surface area contributed by atoms with Crippen LogP contribution in [0, 0.1) is 17.3 Å². The predicted molar refractivity (Wildman–Crippen MR) is 123 cm³/mol. The lowest BCUT2D eigenvalue weighted by Gasteiger charge is -2.32. The van der Waals surface area contributed by atoms with Gasteiger partial charge < -0.3 is 14.9 Å². The molecule has 0 bridgehead atoms. The molecule has 2 aliphatic carbocycles. The number of aromatic nitrogens is 1. The number of carboxylic acids is 1. The zero-order valence-corrected chi connectivity index (χ0v) is 20.3. The van der Waals surface area contributed by atoms with Gasteiger partial charge in [-0.3, -0.25) is 4.79 Å². The molecule has 4 aliphatic rings. The fraction of sp³-hybridized carbons (Fsp3) is 0.792. The second-order valence-electron chi connectivity index (χ2n) is 10.4. The van der Waals surface area contributed by atoms with E-state index in [9.17, 15) is 18.0 Å². The Morgan fingerprint density at radius 1 is 1.12 bits per heavy atom. The number of carboxylic acid groups (broad SMARTS) is 1. The molecule has 5 rings (SSSR count). The zero-order valence-electron chi connectivity index (χ0n) is 19.4. The molecule has 2 aliphatic heterocycles. The van der Waals surface area contributed by atoms with E-state index in [0.29, 0.717) is 11.8 Å². The van der Waals surface area contributed by atoms with Crippen LogP contribution in [-0.2, 0) is 9.59 Å². The van der Waals surface area contributed by atoms with Crippen LogP contribution in [-0.4, -0.2) is 70.7 Å². The second kappa shape index (κ2) is 10.5. The van der Waals surface area contributed by atoms with Crippen molar-refractivity contribution >= 4 is 23.2 Å². The Morgan fingerprint density at radius 2 is 1.76 bits per heavy atom. The number of likely N-dealkylation sites (tertiary alicyclic amines) is 2. The fourth-order valence-electron chi connectivity index (χ4n) is 6.09. The minimum Gasteiger partial charge on any atom is -0.475 e. The third-order valence-corrected chi connectivity index (χ3v) is 8.98. The summed E-state index contributed by atoms with van der Waals surface area (Å²) in [5.41, 5.74) is -0.198. The highest BCUT2D eigenvalue weighted by Crippen LogP contribution is 2.51. The molecule has 34 heavy (non-hydrogen) atoms. The standard InChI is InChI=1S/C22H33N3OS.C2HF3O2/c26-21-22(9-11-25(21)14-18-7-4-8-18)16-24(13-17-5-2-1-3-6-17)15-19(22)20-23-10-12-27-20;3-2(4,5)1(6)7/h10,12,17-19H,1-9,11,13-16H2;(H,6,7). The molecule has 2 saturated carbocycles. The Hall–Kier alpha value is -1.68. The molecule has 1 spiro atoms. The summed E-state index contributed by atoms with van der Waals surface area (Å²) < 4.78 is 31.7. The maximum atomic E-state index is 13.6. The molecule has 6 nitrogen and oxygen atoms in total. The second-order valence-corrected chi connectivity index (χ2v) is 11.3. The van der Waals surface area contributed by atoms with Crippen LogP contribution < -0.4 is 0 Å². The van der Waals surface area contributed by atoms with Gasteiger partial charge in [-0.05, 0) is 43.9 Å². The van der Waals surface area contributed by atoms with Gasteiger partial charge >= 0.3 is 12.1 Å². The molecule has 3 heterocycles. The molecule has 1 N–H and O–H groups in total. The van der Waals surface area contributed by atoms with Gasteiger partial charge in [0.25, 0.3) is 0 Å². The maximum Gasteiger partial charge on any atom is 0.490 e. The van der Waals surface area contributed by atoms with Gasteiger partial charge in [0.1, 0.15) is 0 Å². The highest BCUT2D eigenvalue weighted by atomic mass is 32.1. The Morgan fingerprint density at radius 3 is 2.32 bits per heavy atom. The van der Waals surface area contributed by atoms with Gasteiger partial charge in [-0.15, -0.1) is 11.3 Å². The number of hydrogen-bond donors (Lipinski definition) is 1. The Bertz CT molecular complexity index is 840. The summed E-state index contributed by atoms with van der Waals surface area (Å²) in [6.45, 7) is 5.17. The summed E-state index contributed by atoms with van der Waals surface area (Å²) in [5.74, 6) is -0.399. The van der Waals surface area contributed by atoms with Crippen LogP contribution in [0.25, 0.3) is 0 Å². The Labute approximate surface area is 202 Å². The molecule has 10 heteroatoms. The van der Waals surface area contributed by atoms with E-state index in [1.807, 2.05) is 6.20 Å². The Kier molecular flexibility index (Phi) is 7.86. The van der Waals surface area contributed by atoms with Crippen LogP contribution in [0.1, 0.15) is 68.7 Å². The predicted octanol–water partition coefficient (Wildman–Crippen LogP) is 4.77. The van der Waals surface area contributed by atoms with Crippen LogP contribution in [0.3, 0.4) is 0 Å². The molecule has 2 saturated heterocycles. The van der Waals surface area contributed by atoms with Gasteiger partial charge in [0.2, 0.25) is 5.91 Å². The van der Waals surface area contributed by atoms with E-state index in [-0.39, 0.29) is 5.41 Å². The van der Waals surface area contributed by atoms with Crippen LogP contribution in [0.4, 0.5) is 13.2 Å².